The van der Waals surface area contributed by atoms with Crippen LogP contribution in [0.25, 0.3) is 0 Å². The number of piperazine rings is 1. The van der Waals surface area contributed by atoms with Crippen LogP contribution < -0.4 is 14.5 Å². The van der Waals surface area contributed by atoms with E-state index in [9.17, 15) is 9.90 Å². The number of amides is 1. The Kier molecular flexibility index (Phi) is 5.29. The van der Waals surface area contributed by atoms with Crippen molar-refractivity contribution in [2.24, 2.45) is 0 Å². The van der Waals surface area contributed by atoms with E-state index >= 15 is 0 Å². The van der Waals surface area contributed by atoms with Crippen LogP contribution in [0.2, 0.25) is 0 Å². The van der Waals surface area contributed by atoms with Crippen LogP contribution in [0, 0.1) is 0 Å². The minimum atomic E-state index is -0.287. The van der Waals surface area contributed by atoms with Crippen molar-refractivity contribution in [3.8, 4) is 5.75 Å². The normalized spacial score (nSPS) is 19.8. The topological polar surface area (TPSA) is 82.0 Å². The molecule has 2 saturated heterocycles. The van der Waals surface area contributed by atoms with E-state index in [-0.39, 0.29) is 12.0 Å². The van der Waals surface area contributed by atoms with Gasteiger partial charge >= 0.3 is 0 Å². The quantitative estimate of drug-likeness (QED) is 0.844. The minimum Gasteiger partial charge on any atom is -0.497 e. The lowest BCUT2D eigenvalue weighted by molar-refractivity contribution is 0.0746. The highest BCUT2D eigenvalue weighted by atomic mass is 16.5. The highest BCUT2D eigenvalue weighted by Gasteiger charge is 2.25. The second kappa shape index (κ2) is 8.02. The van der Waals surface area contributed by atoms with Gasteiger partial charge in [0.1, 0.15) is 11.6 Å². The average Bonchev–Trinajstić information content (AvgIpc) is 3.20. The molecule has 2 aliphatic heterocycles. The number of hydrogen-bond acceptors (Lipinski definition) is 7. The number of aromatic nitrogens is 2. The zero-order valence-corrected chi connectivity index (χ0v) is 16.0. The van der Waals surface area contributed by atoms with E-state index < -0.39 is 0 Å². The molecule has 1 amide bonds. The van der Waals surface area contributed by atoms with Crippen molar-refractivity contribution in [1.29, 1.82) is 0 Å². The van der Waals surface area contributed by atoms with Crippen LogP contribution in [0.1, 0.15) is 16.8 Å². The lowest BCUT2D eigenvalue weighted by Gasteiger charge is -2.35. The Hall–Kier alpha value is -2.87. The molecule has 0 radical (unpaired) electrons. The Morgan fingerprint density at radius 1 is 1.14 bits per heavy atom. The summed E-state index contributed by atoms with van der Waals surface area (Å²) in [5.41, 5.74) is 0.638. The largest absolute Gasteiger partial charge is 0.497 e. The second-order valence-corrected chi connectivity index (χ2v) is 7.11. The summed E-state index contributed by atoms with van der Waals surface area (Å²) in [6, 6.07) is 9.12. The van der Waals surface area contributed by atoms with Crippen molar-refractivity contribution in [3.05, 3.63) is 42.1 Å². The SMILES string of the molecule is COc1cccc(C(=O)N2CCN(c3nccc(N4CC[C@H](O)C4)n3)CC2)c1. The predicted octanol–water partition coefficient (Wildman–Crippen LogP) is 1.02. The molecular formula is C20H25N5O3. The van der Waals surface area contributed by atoms with Gasteiger partial charge in [0.2, 0.25) is 5.95 Å². The Bertz CT molecular complexity index is 838. The van der Waals surface area contributed by atoms with Crippen LogP contribution in [0.5, 0.6) is 5.75 Å². The third kappa shape index (κ3) is 3.87. The molecule has 2 aromatic rings. The van der Waals surface area contributed by atoms with Gasteiger partial charge in [0.15, 0.2) is 0 Å². The first-order chi connectivity index (χ1) is 13.6. The summed E-state index contributed by atoms with van der Waals surface area (Å²) in [5, 5.41) is 9.75. The van der Waals surface area contributed by atoms with Gasteiger partial charge in [0.05, 0.1) is 13.2 Å². The maximum absolute atomic E-state index is 12.8. The molecule has 2 fully saturated rings. The smallest absolute Gasteiger partial charge is 0.254 e. The maximum atomic E-state index is 12.8. The standard InChI is InChI=1S/C20H25N5O3/c1-28-17-4-2-3-15(13-17)19(27)23-9-11-24(12-10-23)20-21-7-5-18(22-20)25-8-6-16(26)14-25/h2-5,7,13,16,26H,6,8-12,14H2,1H3/t16-/m0/s1. The third-order valence-electron chi connectivity index (χ3n) is 5.28. The molecule has 1 aromatic carbocycles. The molecule has 1 atom stereocenters. The van der Waals surface area contributed by atoms with Crippen LogP contribution in [0.4, 0.5) is 11.8 Å². The Labute approximate surface area is 164 Å². The van der Waals surface area contributed by atoms with Crippen molar-refractivity contribution >= 4 is 17.7 Å². The van der Waals surface area contributed by atoms with E-state index in [0.29, 0.717) is 50.0 Å². The number of nitrogens with zero attached hydrogens (tertiary/aromatic N) is 5. The number of methoxy groups -OCH3 is 1. The molecule has 1 N–H and O–H groups in total. The summed E-state index contributed by atoms with van der Waals surface area (Å²) in [5.74, 6) is 2.21. The number of ether oxygens (including phenoxy) is 1. The van der Waals surface area contributed by atoms with E-state index in [4.69, 9.17) is 4.74 Å². The van der Waals surface area contributed by atoms with Gasteiger partial charge in [-0.05, 0) is 30.7 Å². The number of benzene rings is 1. The lowest BCUT2D eigenvalue weighted by Crippen LogP contribution is -2.49. The average molecular weight is 383 g/mol. The number of anilines is 2. The summed E-state index contributed by atoms with van der Waals surface area (Å²) in [6.45, 7) is 4.02. The van der Waals surface area contributed by atoms with E-state index in [1.165, 1.54) is 0 Å². The number of hydrogen-bond donors (Lipinski definition) is 1. The zero-order chi connectivity index (χ0) is 19.5. The number of carbonyl (C=O) groups is 1. The van der Waals surface area contributed by atoms with Crippen molar-refractivity contribution in [2.75, 3.05) is 56.2 Å². The van der Waals surface area contributed by atoms with Gasteiger partial charge in [-0.25, -0.2) is 4.98 Å². The van der Waals surface area contributed by atoms with Crippen LogP contribution in [0.15, 0.2) is 36.5 Å². The molecule has 4 rings (SSSR count). The van der Waals surface area contributed by atoms with Gasteiger partial charge in [-0.1, -0.05) is 6.07 Å². The van der Waals surface area contributed by atoms with Gasteiger partial charge in [-0.15, -0.1) is 0 Å². The first kappa shape index (κ1) is 18.5. The number of carbonyl (C=O) groups excluding carboxylic acids is 1. The van der Waals surface area contributed by atoms with Crippen molar-refractivity contribution < 1.29 is 14.6 Å². The van der Waals surface area contributed by atoms with E-state index in [0.717, 1.165) is 18.8 Å². The molecule has 1 aromatic heterocycles. The monoisotopic (exact) mass is 383 g/mol. The molecule has 0 bridgehead atoms. The van der Waals surface area contributed by atoms with Crippen LogP contribution in [-0.2, 0) is 0 Å². The van der Waals surface area contributed by atoms with Crippen LogP contribution in [0.3, 0.4) is 0 Å². The van der Waals surface area contributed by atoms with E-state index in [1.807, 2.05) is 29.2 Å². The molecule has 2 aliphatic rings. The van der Waals surface area contributed by atoms with Gasteiger partial charge in [-0.2, -0.15) is 4.98 Å². The first-order valence-corrected chi connectivity index (χ1v) is 9.58. The molecule has 3 heterocycles. The van der Waals surface area contributed by atoms with Crippen molar-refractivity contribution in [2.45, 2.75) is 12.5 Å². The lowest BCUT2D eigenvalue weighted by atomic mass is 10.1. The van der Waals surface area contributed by atoms with E-state index in [1.54, 1.807) is 19.4 Å². The first-order valence-electron chi connectivity index (χ1n) is 9.58. The number of rotatable bonds is 4. The molecule has 8 heteroatoms. The van der Waals surface area contributed by atoms with Crippen LogP contribution in [-0.4, -0.2) is 78.4 Å². The maximum Gasteiger partial charge on any atom is 0.254 e. The van der Waals surface area contributed by atoms with Gasteiger partial charge < -0.3 is 24.5 Å². The molecule has 8 nitrogen and oxygen atoms in total. The second-order valence-electron chi connectivity index (χ2n) is 7.11. The van der Waals surface area contributed by atoms with E-state index in [2.05, 4.69) is 19.8 Å². The Morgan fingerprint density at radius 3 is 2.68 bits per heavy atom. The summed E-state index contributed by atoms with van der Waals surface area (Å²) in [6.07, 6.45) is 2.24. The van der Waals surface area contributed by atoms with Gasteiger partial charge in [0, 0.05) is 51.0 Å². The molecular weight excluding hydrogens is 358 g/mol. The molecule has 28 heavy (non-hydrogen) atoms. The fourth-order valence-electron chi connectivity index (χ4n) is 3.67. The predicted molar refractivity (Wildman–Crippen MR) is 106 cm³/mol. The van der Waals surface area contributed by atoms with Crippen molar-refractivity contribution in [3.63, 3.8) is 0 Å². The zero-order valence-electron chi connectivity index (χ0n) is 16.0. The number of β-amino-alcohol motifs (C(OH)–C–C–N with tert-alkyl or cyclic N) is 1. The van der Waals surface area contributed by atoms with Gasteiger partial charge in [-0.3, -0.25) is 4.79 Å². The summed E-state index contributed by atoms with van der Waals surface area (Å²) < 4.78 is 5.21. The third-order valence-corrected chi connectivity index (χ3v) is 5.28. The summed E-state index contributed by atoms with van der Waals surface area (Å²) in [4.78, 5) is 27.9. The van der Waals surface area contributed by atoms with Crippen molar-refractivity contribution in [1.82, 2.24) is 14.9 Å². The molecule has 148 valence electrons. The molecule has 0 unspecified atom stereocenters. The fourth-order valence-corrected chi connectivity index (χ4v) is 3.67. The van der Waals surface area contributed by atoms with Crippen LogP contribution >= 0.6 is 0 Å². The molecule has 0 spiro atoms. The fraction of sp³-hybridized carbons (Fsp3) is 0.450. The number of aliphatic hydroxyl groups excluding tert-OH is 1. The highest BCUT2D eigenvalue weighted by molar-refractivity contribution is 5.94. The Morgan fingerprint density at radius 2 is 1.96 bits per heavy atom. The minimum absolute atomic E-state index is 0.0132. The molecule has 0 saturated carbocycles. The number of aliphatic hydroxyl groups is 1. The Balaban J connectivity index is 1.39. The summed E-state index contributed by atoms with van der Waals surface area (Å²) >= 11 is 0. The summed E-state index contributed by atoms with van der Waals surface area (Å²) in [7, 11) is 1.60. The highest BCUT2D eigenvalue weighted by Crippen LogP contribution is 2.21. The van der Waals surface area contributed by atoms with Gasteiger partial charge in [0.25, 0.3) is 5.91 Å². The molecule has 0 aliphatic carbocycles.